The van der Waals surface area contributed by atoms with Gasteiger partial charge in [0.15, 0.2) is 0 Å². The fourth-order valence-electron chi connectivity index (χ4n) is 0.359. The number of hydrogen-bond acceptors (Lipinski definition) is 5. The molecular weight excluding hydrogens is 198 g/mol. The minimum Gasteiger partial charge on any atom is -0.512 e. The van der Waals surface area contributed by atoms with Crippen LogP contribution in [0, 0.1) is 0 Å². The Morgan fingerprint density at radius 3 is 2.23 bits per heavy atom. The fourth-order valence-corrected chi connectivity index (χ4v) is 1.08. The molecule has 0 amide bonds. The average Bonchev–Trinajstić information content (AvgIpc) is 1.98. The zero-order chi connectivity index (χ0) is 10.5. The van der Waals surface area contributed by atoms with E-state index in [1.165, 1.54) is 0 Å². The summed E-state index contributed by atoms with van der Waals surface area (Å²) in [7, 11) is -3.96. The third kappa shape index (κ3) is 7.32. The molecule has 0 aliphatic carbocycles. The van der Waals surface area contributed by atoms with Crippen molar-refractivity contribution in [3.63, 3.8) is 0 Å². The molecule has 0 saturated carbocycles. The highest BCUT2D eigenvalue weighted by Crippen LogP contribution is 1.92. The van der Waals surface area contributed by atoms with E-state index >= 15 is 0 Å². The van der Waals surface area contributed by atoms with Gasteiger partial charge >= 0.3 is 10.3 Å². The topological polar surface area (TPSA) is 95.9 Å². The summed E-state index contributed by atoms with van der Waals surface area (Å²) in [5, 5.41) is 17.1. The van der Waals surface area contributed by atoms with Crippen molar-refractivity contribution in [2.75, 3.05) is 13.2 Å². The van der Waals surface area contributed by atoms with Crippen molar-refractivity contribution >= 4 is 10.3 Å². The van der Waals surface area contributed by atoms with E-state index in [1.807, 2.05) is 4.72 Å². The van der Waals surface area contributed by atoms with Crippen molar-refractivity contribution in [1.29, 1.82) is 0 Å². The maximum atomic E-state index is 10.8. The number of aliphatic hydroxyl groups is 2. The van der Waals surface area contributed by atoms with E-state index in [1.54, 1.807) is 0 Å². The van der Waals surface area contributed by atoms with Gasteiger partial charge < -0.3 is 10.2 Å². The first-order chi connectivity index (χ1) is 5.83. The van der Waals surface area contributed by atoms with Crippen LogP contribution in [0.4, 0.5) is 0 Å². The molecule has 0 aromatic carbocycles. The fraction of sp³-hybridized carbons (Fsp3) is 0.333. The van der Waals surface area contributed by atoms with Crippen LogP contribution in [0.5, 0.6) is 0 Å². The van der Waals surface area contributed by atoms with Crippen LogP contribution in [0.25, 0.3) is 0 Å². The number of aliphatic hydroxyl groups excluding tert-OH is 2. The van der Waals surface area contributed by atoms with Crippen molar-refractivity contribution in [3.8, 4) is 0 Å². The van der Waals surface area contributed by atoms with Crippen molar-refractivity contribution < 1.29 is 22.8 Å². The highest BCUT2D eigenvalue weighted by Gasteiger charge is 2.10. The molecule has 76 valence electrons. The molecule has 0 rings (SSSR count). The maximum absolute atomic E-state index is 10.8. The Morgan fingerprint density at radius 1 is 1.31 bits per heavy atom. The summed E-state index contributed by atoms with van der Waals surface area (Å²) < 4.78 is 27.7. The predicted molar refractivity (Wildman–Crippen MR) is 46.4 cm³/mol. The second kappa shape index (κ2) is 4.85. The first-order valence-electron chi connectivity index (χ1n) is 3.21. The van der Waals surface area contributed by atoms with Gasteiger partial charge in [-0.25, -0.2) is 4.18 Å². The Hall–Kier alpha value is -1.05. The molecule has 7 heteroatoms. The van der Waals surface area contributed by atoms with Crippen molar-refractivity contribution in [2.45, 2.75) is 0 Å². The van der Waals surface area contributed by atoms with E-state index < -0.39 is 22.7 Å². The molecule has 0 atom stereocenters. The Labute approximate surface area is 76.4 Å². The third-order valence-electron chi connectivity index (χ3n) is 0.834. The standard InChI is InChI=1S/C6H11NO5S/c1-5(8)3-7-13(10,11)12-4-6(2)9/h7-9H,1-4H2. The lowest BCUT2D eigenvalue weighted by Gasteiger charge is -2.05. The Balaban J connectivity index is 3.95. The molecule has 0 heterocycles. The van der Waals surface area contributed by atoms with Crippen LogP contribution in [0.2, 0.25) is 0 Å². The minimum atomic E-state index is -3.96. The highest BCUT2D eigenvalue weighted by atomic mass is 32.2. The van der Waals surface area contributed by atoms with Gasteiger partial charge in [-0.05, 0) is 0 Å². The summed E-state index contributed by atoms with van der Waals surface area (Å²) in [4.78, 5) is 0. The zero-order valence-corrected chi connectivity index (χ0v) is 7.67. The van der Waals surface area contributed by atoms with Crippen LogP contribution >= 0.6 is 0 Å². The molecule has 0 fully saturated rings. The molecule has 0 saturated heterocycles. The first kappa shape index (κ1) is 11.9. The highest BCUT2D eigenvalue weighted by molar-refractivity contribution is 7.84. The van der Waals surface area contributed by atoms with Crippen LogP contribution in [0.1, 0.15) is 0 Å². The molecule has 0 aliphatic rings. The van der Waals surface area contributed by atoms with Crippen LogP contribution in [-0.4, -0.2) is 31.8 Å². The van der Waals surface area contributed by atoms with Crippen molar-refractivity contribution in [1.82, 2.24) is 4.72 Å². The second-order valence-corrected chi connectivity index (χ2v) is 3.60. The van der Waals surface area contributed by atoms with E-state index in [0.717, 1.165) is 0 Å². The Bertz CT molecular complexity index is 270. The van der Waals surface area contributed by atoms with E-state index in [9.17, 15) is 8.42 Å². The summed E-state index contributed by atoms with van der Waals surface area (Å²) >= 11 is 0. The third-order valence-corrected chi connectivity index (χ3v) is 1.76. The molecule has 0 bridgehead atoms. The first-order valence-corrected chi connectivity index (χ1v) is 4.62. The van der Waals surface area contributed by atoms with Gasteiger partial charge in [-0.2, -0.15) is 13.1 Å². The molecule has 0 aliphatic heterocycles. The largest absolute Gasteiger partial charge is 0.512 e. The van der Waals surface area contributed by atoms with Crippen LogP contribution in [0.15, 0.2) is 24.7 Å². The Morgan fingerprint density at radius 2 is 1.85 bits per heavy atom. The summed E-state index contributed by atoms with van der Waals surface area (Å²) in [5.41, 5.74) is 0. The van der Waals surface area contributed by atoms with Gasteiger partial charge in [0.1, 0.15) is 18.1 Å². The van der Waals surface area contributed by atoms with Crippen LogP contribution in [-0.2, 0) is 14.5 Å². The molecule has 0 aromatic rings. The van der Waals surface area contributed by atoms with Crippen molar-refractivity contribution in [3.05, 3.63) is 24.7 Å². The summed E-state index contributed by atoms with van der Waals surface area (Å²) in [6.07, 6.45) is 0. The number of rotatable bonds is 6. The van der Waals surface area contributed by atoms with Crippen LogP contribution in [0.3, 0.4) is 0 Å². The number of hydrogen-bond donors (Lipinski definition) is 3. The van der Waals surface area contributed by atoms with Gasteiger partial charge in [0.25, 0.3) is 0 Å². The van der Waals surface area contributed by atoms with Gasteiger partial charge in [0, 0.05) is 0 Å². The predicted octanol–water partition coefficient (Wildman–Crippen LogP) is -0.0192. The molecule has 3 N–H and O–H groups in total. The number of nitrogens with one attached hydrogen (secondary N) is 1. The normalized spacial score (nSPS) is 11.1. The molecule has 6 nitrogen and oxygen atoms in total. The quantitative estimate of drug-likeness (QED) is 0.534. The summed E-state index contributed by atoms with van der Waals surface area (Å²) in [5.74, 6) is -0.747. The van der Waals surface area contributed by atoms with Gasteiger partial charge in [0.2, 0.25) is 0 Å². The molecule has 0 unspecified atom stereocenters. The van der Waals surface area contributed by atoms with Gasteiger partial charge in [-0.3, -0.25) is 0 Å². The second-order valence-electron chi connectivity index (χ2n) is 2.17. The van der Waals surface area contributed by atoms with Gasteiger partial charge in [-0.15, -0.1) is 0 Å². The minimum absolute atomic E-state index is 0.333. The van der Waals surface area contributed by atoms with Crippen LogP contribution < -0.4 is 4.72 Å². The van der Waals surface area contributed by atoms with Crippen molar-refractivity contribution in [2.24, 2.45) is 0 Å². The lowest BCUT2D eigenvalue weighted by molar-refractivity contribution is 0.270. The smallest absolute Gasteiger partial charge is 0.336 e. The lowest BCUT2D eigenvalue weighted by atomic mass is 10.6. The Kier molecular flexibility index (Phi) is 4.46. The van der Waals surface area contributed by atoms with E-state index in [4.69, 9.17) is 10.2 Å². The molecular formula is C6H11NO5S. The lowest BCUT2D eigenvalue weighted by Crippen LogP contribution is -2.28. The molecule has 0 aromatic heterocycles. The summed E-state index contributed by atoms with van der Waals surface area (Å²) in [6, 6.07) is 0. The van der Waals surface area contributed by atoms with E-state index in [-0.39, 0.29) is 12.3 Å². The molecule has 0 radical (unpaired) electrons. The average molecular weight is 209 g/mol. The van der Waals surface area contributed by atoms with E-state index in [2.05, 4.69) is 17.3 Å². The SMILES string of the molecule is C=C(O)CNS(=O)(=O)OCC(=C)O. The zero-order valence-electron chi connectivity index (χ0n) is 6.86. The van der Waals surface area contributed by atoms with E-state index in [0.29, 0.717) is 0 Å². The molecule has 0 spiro atoms. The summed E-state index contributed by atoms with van der Waals surface area (Å²) in [6.45, 7) is 5.23. The molecule has 13 heavy (non-hydrogen) atoms. The van der Waals surface area contributed by atoms with Gasteiger partial charge in [0.05, 0.1) is 6.54 Å². The monoisotopic (exact) mass is 209 g/mol. The maximum Gasteiger partial charge on any atom is 0.336 e. The van der Waals surface area contributed by atoms with Gasteiger partial charge in [-0.1, -0.05) is 13.2 Å².